The molecule has 3 heterocycles. The second-order valence-electron chi connectivity index (χ2n) is 16.3. The van der Waals surface area contributed by atoms with Crippen molar-refractivity contribution in [2.75, 3.05) is 0 Å². The van der Waals surface area contributed by atoms with E-state index in [-0.39, 0.29) is 0 Å². The van der Waals surface area contributed by atoms with Gasteiger partial charge in [0.25, 0.3) is 0 Å². The van der Waals surface area contributed by atoms with Crippen LogP contribution in [0.15, 0.2) is 224 Å². The first-order valence-electron chi connectivity index (χ1n) is 21.5. The number of hydrogen-bond acceptors (Lipinski definition) is 2. The van der Waals surface area contributed by atoms with E-state index in [0.717, 1.165) is 72.6 Å². The second kappa shape index (κ2) is 15.0. The third-order valence-electron chi connectivity index (χ3n) is 12.4. The molecule has 4 heteroatoms. The van der Waals surface area contributed by atoms with Gasteiger partial charge in [-0.1, -0.05) is 169 Å². The Morgan fingerprint density at radius 2 is 0.762 bits per heavy atom. The van der Waals surface area contributed by atoms with Gasteiger partial charge in [-0.05, 0) is 78.7 Å². The van der Waals surface area contributed by atoms with Crippen LogP contribution in [0.4, 0.5) is 0 Å². The summed E-state index contributed by atoms with van der Waals surface area (Å²) >= 11 is 0. The first kappa shape index (κ1) is 36.5. The van der Waals surface area contributed by atoms with Gasteiger partial charge in [-0.2, -0.15) is 0 Å². The molecule has 296 valence electrons. The van der Waals surface area contributed by atoms with Crippen LogP contribution in [0.5, 0.6) is 0 Å². The van der Waals surface area contributed by atoms with Gasteiger partial charge in [-0.3, -0.25) is 0 Å². The van der Waals surface area contributed by atoms with Crippen molar-refractivity contribution in [1.29, 1.82) is 0 Å². The summed E-state index contributed by atoms with van der Waals surface area (Å²) in [6, 6.07) is 80.5. The highest BCUT2D eigenvalue weighted by Crippen LogP contribution is 2.43. The summed E-state index contributed by atoms with van der Waals surface area (Å²) in [5.74, 6) is 0.669. The highest BCUT2D eigenvalue weighted by atomic mass is 15.0. The minimum Gasteiger partial charge on any atom is -0.309 e. The van der Waals surface area contributed by atoms with Crippen LogP contribution < -0.4 is 0 Å². The van der Waals surface area contributed by atoms with E-state index in [2.05, 4.69) is 228 Å². The van der Waals surface area contributed by atoms with Gasteiger partial charge >= 0.3 is 0 Å². The molecule has 0 saturated heterocycles. The average molecular weight is 805 g/mol. The Kier molecular flexibility index (Phi) is 8.68. The first-order valence-corrected chi connectivity index (χ1v) is 21.5. The van der Waals surface area contributed by atoms with Crippen molar-refractivity contribution in [2.45, 2.75) is 6.92 Å². The summed E-state index contributed by atoms with van der Waals surface area (Å²) < 4.78 is 4.87. The van der Waals surface area contributed by atoms with Crippen molar-refractivity contribution in [2.24, 2.45) is 0 Å². The summed E-state index contributed by atoms with van der Waals surface area (Å²) in [6.07, 6.45) is 0. The predicted octanol–water partition coefficient (Wildman–Crippen LogP) is 15.3. The summed E-state index contributed by atoms with van der Waals surface area (Å²) in [4.78, 5) is 10.6. The molecule has 0 spiro atoms. The molecule has 0 unspecified atom stereocenters. The zero-order valence-electron chi connectivity index (χ0n) is 34.7. The quantitative estimate of drug-likeness (QED) is 0.161. The summed E-state index contributed by atoms with van der Waals surface area (Å²) in [7, 11) is 0. The van der Waals surface area contributed by atoms with E-state index in [4.69, 9.17) is 9.97 Å². The number of para-hydroxylation sites is 4. The van der Waals surface area contributed by atoms with Crippen molar-refractivity contribution in [3.8, 4) is 67.5 Å². The van der Waals surface area contributed by atoms with Crippen molar-refractivity contribution >= 4 is 43.6 Å². The third kappa shape index (κ3) is 6.23. The maximum atomic E-state index is 5.30. The van der Waals surface area contributed by atoms with E-state index >= 15 is 0 Å². The van der Waals surface area contributed by atoms with Crippen LogP contribution in [-0.2, 0) is 0 Å². The molecule has 0 aliphatic carbocycles. The van der Waals surface area contributed by atoms with Crippen molar-refractivity contribution < 1.29 is 0 Å². The average Bonchev–Trinajstić information content (AvgIpc) is 3.87. The van der Waals surface area contributed by atoms with Crippen LogP contribution in [-0.4, -0.2) is 19.1 Å². The topological polar surface area (TPSA) is 35.6 Å². The lowest BCUT2D eigenvalue weighted by Gasteiger charge is -2.20. The Labute approximate surface area is 365 Å². The van der Waals surface area contributed by atoms with Crippen LogP contribution in [0.2, 0.25) is 0 Å². The number of benzene rings is 9. The van der Waals surface area contributed by atoms with Gasteiger partial charge in [-0.15, -0.1) is 0 Å². The third-order valence-corrected chi connectivity index (χ3v) is 12.4. The molecule has 12 rings (SSSR count). The summed E-state index contributed by atoms with van der Waals surface area (Å²) in [5.41, 5.74) is 17.4. The molecule has 9 aromatic carbocycles. The van der Waals surface area contributed by atoms with Gasteiger partial charge in [0.15, 0.2) is 5.82 Å². The lowest BCUT2D eigenvalue weighted by atomic mass is 9.97. The first-order chi connectivity index (χ1) is 31.2. The van der Waals surface area contributed by atoms with Gasteiger partial charge in [0.05, 0.1) is 44.8 Å². The van der Waals surface area contributed by atoms with Crippen molar-refractivity contribution in [3.63, 3.8) is 0 Å². The zero-order chi connectivity index (χ0) is 41.9. The molecule has 0 N–H and O–H groups in total. The van der Waals surface area contributed by atoms with Gasteiger partial charge in [0, 0.05) is 49.4 Å². The smallest absolute Gasteiger partial charge is 0.160 e. The molecule has 0 atom stereocenters. The van der Waals surface area contributed by atoms with E-state index < -0.39 is 0 Å². The van der Waals surface area contributed by atoms with Crippen LogP contribution in [0.3, 0.4) is 0 Å². The Hall–Kier alpha value is -8.34. The largest absolute Gasteiger partial charge is 0.309 e. The predicted molar refractivity (Wildman–Crippen MR) is 263 cm³/mol. The summed E-state index contributed by atoms with van der Waals surface area (Å²) in [6.45, 7) is 2.14. The molecule has 12 aromatic rings. The molecular weight excluding hydrogens is 765 g/mol. The monoisotopic (exact) mass is 804 g/mol. The number of aromatic nitrogens is 4. The molecule has 0 saturated carbocycles. The second-order valence-corrected chi connectivity index (χ2v) is 16.3. The number of fused-ring (bicyclic) bond motifs is 6. The van der Waals surface area contributed by atoms with E-state index in [1.54, 1.807) is 0 Å². The number of aryl methyl sites for hydroxylation is 1. The van der Waals surface area contributed by atoms with Crippen LogP contribution in [0.25, 0.3) is 111 Å². The van der Waals surface area contributed by atoms with Crippen LogP contribution in [0.1, 0.15) is 5.56 Å². The molecule has 0 aliphatic rings. The maximum Gasteiger partial charge on any atom is 0.160 e. The molecule has 0 aliphatic heterocycles. The standard InChI is InChI=1S/C59H40N4/c1-39-28-30-40(31-29-39)43-32-34-57-49(36-43)47-22-10-15-27-56(47)63(57)58-35-33-44(59-60-51(41-16-4-2-5-17-41)38-52(61-59)42-18-6-3-7-19-42)37-50(58)48-23-11-14-26-55(48)62-53-24-12-8-20-45(53)46-21-9-13-25-54(46)62/h2-38H,1H3. The molecule has 63 heavy (non-hydrogen) atoms. The summed E-state index contributed by atoms with van der Waals surface area (Å²) in [5, 5.41) is 4.87. The fourth-order valence-electron chi connectivity index (χ4n) is 9.41. The fourth-order valence-corrected chi connectivity index (χ4v) is 9.41. The number of rotatable bonds is 7. The van der Waals surface area contributed by atoms with Crippen molar-refractivity contribution in [1.82, 2.24) is 19.1 Å². The lowest BCUT2D eigenvalue weighted by Crippen LogP contribution is -2.02. The Balaban J connectivity index is 1.15. The van der Waals surface area contributed by atoms with Crippen LogP contribution in [0, 0.1) is 6.92 Å². The highest BCUT2D eigenvalue weighted by molar-refractivity contribution is 6.12. The Morgan fingerprint density at radius 1 is 0.302 bits per heavy atom. The molecular formula is C59H40N4. The minimum atomic E-state index is 0.669. The van der Waals surface area contributed by atoms with E-state index in [1.165, 1.54) is 38.2 Å². The molecule has 0 amide bonds. The van der Waals surface area contributed by atoms with Gasteiger partial charge in [-0.25, -0.2) is 9.97 Å². The fraction of sp³-hybridized carbons (Fsp3) is 0.0169. The number of nitrogens with zero attached hydrogens (tertiary/aromatic N) is 4. The number of hydrogen-bond donors (Lipinski definition) is 0. The molecule has 4 nitrogen and oxygen atoms in total. The van der Waals surface area contributed by atoms with Gasteiger partial charge < -0.3 is 9.13 Å². The van der Waals surface area contributed by atoms with Crippen molar-refractivity contribution in [3.05, 3.63) is 230 Å². The van der Waals surface area contributed by atoms with Crippen LogP contribution >= 0.6 is 0 Å². The zero-order valence-corrected chi connectivity index (χ0v) is 34.7. The molecule has 3 aromatic heterocycles. The maximum absolute atomic E-state index is 5.30. The Bertz CT molecular complexity index is 3560. The molecule has 0 radical (unpaired) electrons. The SMILES string of the molecule is Cc1ccc(-c2ccc3c(c2)c2ccccc2n3-c2ccc(-c3nc(-c4ccccc4)cc(-c4ccccc4)n3)cc2-c2ccccc2-n2c3ccccc3c3ccccc32)cc1. The van der Waals surface area contributed by atoms with Gasteiger partial charge in [0.1, 0.15) is 0 Å². The normalized spacial score (nSPS) is 11.6. The minimum absolute atomic E-state index is 0.669. The van der Waals surface area contributed by atoms with E-state index in [9.17, 15) is 0 Å². The van der Waals surface area contributed by atoms with E-state index in [0.29, 0.717) is 5.82 Å². The lowest BCUT2D eigenvalue weighted by molar-refractivity contribution is 1.15. The highest BCUT2D eigenvalue weighted by Gasteiger charge is 2.22. The molecule has 0 bridgehead atoms. The Morgan fingerprint density at radius 3 is 1.37 bits per heavy atom. The van der Waals surface area contributed by atoms with Gasteiger partial charge in [0.2, 0.25) is 0 Å². The molecule has 0 fully saturated rings. The van der Waals surface area contributed by atoms with E-state index in [1.807, 2.05) is 12.1 Å².